The molecule has 0 aromatic heterocycles. The fraction of sp³-hybridized carbons (Fsp3) is 0.911. The molecule has 0 heterocycles. The number of esters is 3. The van der Waals surface area contributed by atoms with Crippen LogP contribution in [0.1, 0.15) is 310 Å². The van der Waals surface area contributed by atoms with E-state index in [1.807, 2.05) is 0 Å². The van der Waals surface area contributed by atoms with Crippen molar-refractivity contribution >= 4 is 17.9 Å². The zero-order valence-electron chi connectivity index (χ0n) is 41.9. The predicted molar refractivity (Wildman–Crippen MR) is 266 cm³/mol. The number of allylic oxidation sites excluding steroid dienone is 2. The highest BCUT2D eigenvalue weighted by Crippen LogP contribution is 2.17. The van der Waals surface area contributed by atoms with E-state index in [9.17, 15) is 14.4 Å². The topological polar surface area (TPSA) is 78.9 Å². The fourth-order valence-corrected chi connectivity index (χ4v) is 8.32. The Balaban J connectivity index is 4.32. The van der Waals surface area contributed by atoms with Gasteiger partial charge in [-0.25, -0.2) is 0 Å². The summed E-state index contributed by atoms with van der Waals surface area (Å²) in [7, 11) is 0. The summed E-state index contributed by atoms with van der Waals surface area (Å²) in [5.74, 6) is -0.855. The van der Waals surface area contributed by atoms with Gasteiger partial charge in [0.05, 0.1) is 0 Å². The Kier molecular flexibility index (Phi) is 50.2. The number of carbonyl (C=O) groups is 3. The monoisotopic (exact) mass is 875 g/mol. The molecule has 366 valence electrons. The molecule has 0 aliphatic rings. The first-order valence-corrected chi connectivity index (χ1v) is 27.7. The lowest BCUT2D eigenvalue weighted by molar-refractivity contribution is -0.167. The molecular formula is C56H106O6. The second-order valence-electron chi connectivity index (χ2n) is 18.9. The van der Waals surface area contributed by atoms with Gasteiger partial charge < -0.3 is 14.2 Å². The quantitative estimate of drug-likeness (QED) is 0.0262. The average Bonchev–Trinajstić information content (AvgIpc) is 3.27. The van der Waals surface area contributed by atoms with Gasteiger partial charge in [-0.3, -0.25) is 14.4 Å². The van der Waals surface area contributed by atoms with Crippen LogP contribution in [0.5, 0.6) is 0 Å². The molecule has 1 unspecified atom stereocenters. The maximum atomic E-state index is 12.8. The van der Waals surface area contributed by atoms with E-state index in [2.05, 4.69) is 32.9 Å². The molecule has 0 radical (unpaired) electrons. The largest absolute Gasteiger partial charge is 0.462 e. The van der Waals surface area contributed by atoms with Gasteiger partial charge >= 0.3 is 17.9 Å². The predicted octanol–water partition coefficient (Wildman–Crippen LogP) is 18.2. The molecule has 0 aliphatic heterocycles. The van der Waals surface area contributed by atoms with E-state index < -0.39 is 6.10 Å². The van der Waals surface area contributed by atoms with Crippen molar-refractivity contribution in [2.75, 3.05) is 13.2 Å². The van der Waals surface area contributed by atoms with Gasteiger partial charge in [0.15, 0.2) is 6.10 Å². The maximum absolute atomic E-state index is 12.8. The minimum Gasteiger partial charge on any atom is -0.462 e. The molecule has 0 N–H and O–H groups in total. The molecule has 0 amide bonds. The van der Waals surface area contributed by atoms with Gasteiger partial charge in [-0.2, -0.15) is 0 Å². The average molecular weight is 875 g/mol. The summed E-state index contributed by atoms with van der Waals surface area (Å²) in [6.45, 7) is 6.67. The van der Waals surface area contributed by atoms with Crippen LogP contribution in [0.2, 0.25) is 0 Å². The molecule has 0 aliphatic carbocycles. The third-order valence-corrected chi connectivity index (χ3v) is 12.5. The zero-order valence-corrected chi connectivity index (χ0v) is 41.9. The number of hydrogen-bond acceptors (Lipinski definition) is 6. The summed E-state index contributed by atoms with van der Waals surface area (Å²) < 4.78 is 16.8. The number of rotatable bonds is 51. The van der Waals surface area contributed by atoms with Gasteiger partial charge in [0.2, 0.25) is 0 Å². The van der Waals surface area contributed by atoms with E-state index in [0.717, 1.165) is 64.2 Å². The van der Waals surface area contributed by atoms with Crippen molar-refractivity contribution in [1.82, 2.24) is 0 Å². The SMILES string of the molecule is CCCCCCC/C=C\CCCCCCCC(=O)OC(COC(=O)CCCCCCCCCCCCCCCC)COC(=O)CCCCCCCCCCCCCCCCCC. The van der Waals surface area contributed by atoms with Crippen molar-refractivity contribution in [3.8, 4) is 0 Å². The molecule has 62 heavy (non-hydrogen) atoms. The van der Waals surface area contributed by atoms with Crippen molar-refractivity contribution < 1.29 is 28.6 Å². The second-order valence-corrected chi connectivity index (χ2v) is 18.9. The molecule has 6 heteroatoms. The first kappa shape index (κ1) is 60.2. The molecule has 1 atom stereocenters. The minimum atomic E-state index is -0.768. The number of ether oxygens (including phenoxy) is 3. The van der Waals surface area contributed by atoms with Gasteiger partial charge in [0.1, 0.15) is 13.2 Å². The van der Waals surface area contributed by atoms with Gasteiger partial charge in [0, 0.05) is 19.3 Å². The summed E-state index contributed by atoms with van der Waals surface area (Å²) in [6.07, 6.45) is 57.6. The van der Waals surface area contributed by atoms with Crippen LogP contribution in [0.3, 0.4) is 0 Å². The molecule has 0 saturated carbocycles. The van der Waals surface area contributed by atoms with Crippen LogP contribution in [-0.2, 0) is 28.6 Å². The Labute approximate surface area is 386 Å². The van der Waals surface area contributed by atoms with Gasteiger partial charge in [-0.05, 0) is 44.9 Å². The fourth-order valence-electron chi connectivity index (χ4n) is 8.32. The Hall–Kier alpha value is -1.85. The first-order chi connectivity index (χ1) is 30.5. The number of hydrogen-bond donors (Lipinski definition) is 0. The molecule has 0 aromatic carbocycles. The molecule has 0 bridgehead atoms. The Bertz CT molecular complexity index is 962. The lowest BCUT2D eigenvalue weighted by Crippen LogP contribution is -2.30. The highest BCUT2D eigenvalue weighted by atomic mass is 16.6. The van der Waals surface area contributed by atoms with Crippen molar-refractivity contribution in [2.24, 2.45) is 0 Å². The first-order valence-electron chi connectivity index (χ1n) is 27.7. The van der Waals surface area contributed by atoms with Crippen molar-refractivity contribution in [1.29, 1.82) is 0 Å². The summed E-state index contributed by atoms with van der Waals surface area (Å²) in [4.78, 5) is 38.0. The van der Waals surface area contributed by atoms with Crippen molar-refractivity contribution in [2.45, 2.75) is 316 Å². The lowest BCUT2D eigenvalue weighted by atomic mass is 10.0. The smallest absolute Gasteiger partial charge is 0.306 e. The Morgan fingerprint density at radius 3 is 0.806 bits per heavy atom. The molecule has 0 aromatic rings. The molecule has 0 spiro atoms. The van der Waals surface area contributed by atoms with Gasteiger partial charge in [0.25, 0.3) is 0 Å². The van der Waals surface area contributed by atoms with Gasteiger partial charge in [-0.15, -0.1) is 0 Å². The van der Waals surface area contributed by atoms with Crippen molar-refractivity contribution in [3.05, 3.63) is 12.2 Å². The van der Waals surface area contributed by atoms with Crippen LogP contribution in [0.4, 0.5) is 0 Å². The van der Waals surface area contributed by atoms with Crippen molar-refractivity contribution in [3.63, 3.8) is 0 Å². The molecule has 0 fully saturated rings. The third-order valence-electron chi connectivity index (χ3n) is 12.5. The van der Waals surface area contributed by atoms with Crippen LogP contribution in [0.15, 0.2) is 12.2 Å². The van der Waals surface area contributed by atoms with E-state index >= 15 is 0 Å². The van der Waals surface area contributed by atoms with Gasteiger partial charge in [-0.1, -0.05) is 258 Å². The summed E-state index contributed by atoms with van der Waals surface area (Å²) in [5.41, 5.74) is 0. The third kappa shape index (κ3) is 49.2. The zero-order chi connectivity index (χ0) is 45.1. The summed E-state index contributed by atoms with van der Waals surface area (Å²) in [6, 6.07) is 0. The van der Waals surface area contributed by atoms with E-state index in [1.54, 1.807) is 0 Å². The van der Waals surface area contributed by atoms with Crippen LogP contribution in [0, 0.1) is 0 Å². The molecule has 6 nitrogen and oxygen atoms in total. The maximum Gasteiger partial charge on any atom is 0.306 e. The number of unbranched alkanes of at least 4 members (excludes halogenated alkanes) is 38. The van der Waals surface area contributed by atoms with Crippen LogP contribution in [0.25, 0.3) is 0 Å². The summed E-state index contributed by atoms with van der Waals surface area (Å²) in [5, 5.41) is 0. The normalized spacial score (nSPS) is 12.0. The molecule has 0 saturated heterocycles. The standard InChI is InChI=1S/C56H106O6/c1-4-7-10-13-16-19-22-25-28-29-32-34-37-40-43-46-49-55(58)61-52-53(62-56(59)50-47-44-41-38-35-31-27-24-21-18-15-12-9-6-3)51-60-54(57)48-45-42-39-36-33-30-26-23-20-17-14-11-8-5-2/h24,27,53H,4-23,25-26,28-52H2,1-3H3/b27-24-. The van der Waals surface area contributed by atoms with E-state index in [4.69, 9.17) is 14.2 Å². The highest BCUT2D eigenvalue weighted by Gasteiger charge is 2.19. The van der Waals surface area contributed by atoms with Crippen LogP contribution in [-0.4, -0.2) is 37.2 Å². The highest BCUT2D eigenvalue weighted by molar-refractivity contribution is 5.71. The second kappa shape index (κ2) is 51.8. The number of carbonyl (C=O) groups excluding carboxylic acids is 3. The molecular weight excluding hydrogens is 769 g/mol. The Morgan fingerprint density at radius 1 is 0.306 bits per heavy atom. The minimum absolute atomic E-state index is 0.0676. The van der Waals surface area contributed by atoms with E-state index in [1.165, 1.54) is 205 Å². The lowest BCUT2D eigenvalue weighted by Gasteiger charge is -2.18. The van der Waals surface area contributed by atoms with E-state index in [-0.39, 0.29) is 31.1 Å². The van der Waals surface area contributed by atoms with Crippen LogP contribution < -0.4 is 0 Å². The Morgan fingerprint density at radius 2 is 0.532 bits per heavy atom. The molecule has 0 rings (SSSR count). The van der Waals surface area contributed by atoms with Crippen LogP contribution >= 0.6 is 0 Å². The van der Waals surface area contributed by atoms with E-state index in [0.29, 0.717) is 19.3 Å². The summed E-state index contributed by atoms with van der Waals surface area (Å²) >= 11 is 0.